The Morgan fingerprint density at radius 3 is 2.79 bits per heavy atom. The molecule has 29 heavy (non-hydrogen) atoms. The number of carbonyl (C=O) groups is 1. The third-order valence-electron chi connectivity index (χ3n) is 5.36. The molecule has 1 aliphatic heterocycles. The van der Waals surface area contributed by atoms with Crippen LogP contribution in [0.4, 0.5) is 0 Å². The summed E-state index contributed by atoms with van der Waals surface area (Å²) in [6.07, 6.45) is 2.23. The number of fused-ring (bicyclic) bond motifs is 3. The van der Waals surface area contributed by atoms with E-state index in [2.05, 4.69) is 6.58 Å². The highest BCUT2D eigenvalue weighted by atomic mass is 35.5. The topological polar surface area (TPSA) is 64.3 Å². The maximum absolute atomic E-state index is 13.5. The van der Waals surface area contributed by atoms with Crippen molar-refractivity contribution in [3.63, 3.8) is 0 Å². The van der Waals surface area contributed by atoms with Gasteiger partial charge in [-0.15, -0.1) is 17.9 Å². The third-order valence-corrected chi connectivity index (χ3v) is 7.01. The molecule has 0 atom stereocenters. The first-order valence-corrected chi connectivity index (χ1v) is 10.5. The maximum atomic E-state index is 13.5. The highest BCUT2D eigenvalue weighted by Gasteiger charge is 2.27. The van der Waals surface area contributed by atoms with Gasteiger partial charge in [-0.25, -0.2) is 9.36 Å². The van der Waals surface area contributed by atoms with Crippen LogP contribution in [0.1, 0.15) is 22.9 Å². The van der Waals surface area contributed by atoms with Gasteiger partial charge in [0.05, 0.1) is 17.6 Å². The summed E-state index contributed by atoms with van der Waals surface area (Å²) in [5, 5.41) is 1.04. The van der Waals surface area contributed by atoms with Crippen LogP contribution in [0.5, 0.6) is 0 Å². The molecule has 0 saturated carbocycles. The number of hydrogen-bond acceptors (Lipinski definition) is 4. The largest absolute Gasteiger partial charge is 0.337 e. The number of carbonyl (C=O) groups excluding carboxylic acids is 1. The predicted molar refractivity (Wildman–Crippen MR) is 116 cm³/mol. The molecule has 4 rings (SSSR count). The van der Waals surface area contributed by atoms with E-state index < -0.39 is 5.69 Å². The van der Waals surface area contributed by atoms with Crippen molar-refractivity contribution < 1.29 is 4.79 Å². The Bertz CT molecular complexity index is 1290. The van der Waals surface area contributed by atoms with Crippen LogP contribution < -0.4 is 11.2 Å². The number of rotatable bonds is 3. The molecule has 150 valence electrons. The molecule has 0 saturated heterocycles. The molecule has 0 unspecified atom stereocenters. The number of benzene rings is 1. The van der Waals surface area contributed by atoms with Gasteiger partial charge in [0.2, 0.25) is 5.91 Å². The van der Waals surface area contributed by atoms with Gasteiger partial charge in [0.25, 0.3) is 5.56 Å². The quantitative estimate of drug-likeness (QED) is 0.600. The molecule has 1 aliphatic rings. The van der Waals surface area contributed by atoms with E-state index in [4.69, 9.17) is 11.6 Å². The van der Waals surface area contributed by atoms with Crippen molar-refractivity contribution >= 4 is 39.1 Å². The fourth-order valence-corrected chi connectivity index (χ4v) is 5.34. The Kier molecular flexibility index (Phi) is 4.96. The second-order valence-corrected chi connectivity index (χ2v) is 8.57. The van der Waals surface area contributed by atoms with Crippen molar-refractivity contribution in [1.82, 2.24) is 14.0 Å². The van der Waals surface area contributed by atoms with Gasteiger partial charge in [-0.1, -0.05) is 23.7 Å². The molecule has 3 aromatic rings. The van der Waals surface area contributed by atoms with Crippen LogP contribution in [0.15, 0.2) is 40.4 Å². The van der Waals surface area contributed by atoms with E-state index in [9.17, 15) is 14.4 Å². The van der Waals surface area contributed by atoms with Gasteiger partial charge in [0.15, 0.2) is 0 Å². The summed E-state index contributed by atoms with van der Waals surface area (Å²) < 4.78 is 2.78. The normalized spacial score (nSPS) is 13.6. The van der Waals surface area contributed by atoms with E-state index in [1.165, 1.54) is 15.9 Å². The van der Waals surface area contributed by atoms with Crippen molar-refractivity contribution in [3.05, 3.63) is 72.7 Å². The van der Waals surface area contributed by atoms with Gasteiger partial charge in [-0.05, 0) is 36.6 Å². The van der Waals surface area contributed by atoms with Gasteiger partial charge >= 0.3 is 5.69 Å². The molecule has 1 aromatic carbocycles. The summed E-state index contributed by atoms with van der Waals surface area (Å²) in [5.74, 6) is 0.00329. The molecule has 0 spiro atoms. The van der Waals surface area contributed by atoms with Crippen LogP contribution in [0.2, 0.25) is 5.02 Å². The standard InChI is InChI=1S/C21H20ClN3O3S/c1-4-9-24-20-18(14-8-10-23(13(3)26)11-17(14)29-20)19(27)25(21(24)28)16-7-5-6-15(22)12(16)2/h4-7H,1,8-11H2,2-3H3. The predicted octanol–water partition coefficient (Wildman–Crippen LogP) is 3.27. The summed E-state index contributed by atoms with van der Waals surface area (Å²) in [6.45, 7) is 8.40. The first-order chi connectivity index (χ1) is 13.8. The Labute approximate surface area is 176 Å². The number of aromatic nitrogens is 2. The Hall–Kier alpha value is -2.64. The van der Waals surface area contributed by atoms with Gasteiger partial charge in [0, 0.05) is 29.9 Å². The van der Waals surface area contributed by atoms with E-state index >= 15 is 0 Å². The highest BCUT2D eigenvalue weighted by molar-refractivity contribution is 7.18. The number of nitrogens with zero attached hydrogens (tertiary/aromatic N) is 3. The van der Waals surface area contributed by atoms with E-state index in [1.54, 1.807) is 47.6 Å². The summed E-state index contributed by atoms with van der Waals surface area (Å²) >= 11 is 7.66. The fourth-order valence-electron chi connectivity index (χ4n) is 3.82. The number of allylic oxidation sites excluding steroid dienone is 1. The van der Waals surface area contributed by atoms with Gasteiger partial charge in [-0.2, -0.15) is 0 Å². The van der Waals surface area contributed by atoms with Crippen LogP contribution >= 0.6 is 22.9 Å². The third kappa shape index (κ3) is 3.05. The minimum absolute atomic E-state index is 0.00329. The average Bonchev–Trinajstić information content (AvgIpc) is 3.07. The highest BCUT2D eigenvalue weighted by Crippen LogP contribution is 2.33. The number of amides is 1. The lowest BCUT2D eigenvalue weighted by molar-refractivity contribution is -0.129. The van der Waals surface area contributed by atoms with E-state index in [1.807, 2.05) is 0 Å². The van der Waals surface area contributed by atoms with Gasteiger partial charge < -0.3 is 4.90 Å². The molecular formula is C21H20ClN3O3S. The van der Waals surface area contributed by atoms with Crippen molar-refractivity contribution in [2.75, 3.05) is 6.54 Å². The smallest absolute Gasteiger partial charge is 0.337 e. The zero-order valence-corrected chi connectivity index (χ0v) is 17.8. The lowest BCUT2D eigenvalue weighted by Crippen LogP contribution is -2.39. The number of thiophene rings is 1. The SMILES string of the molecule is C=CCn1c(=O)n(-c2cccc(Cl)c2C)c(=O)c2c3c(sc21)CN(C(C)=O)CC3. The number of halogens is 1. The van der Waals surface area contributed by atoms with Gasteiger partial charge in [-0.3, -0.25) is 14.2 Å². The summed E-state index contributed by atoms with van der Waals surface area (Å²) in [6, 6.07) is 5.19. The molecule has 0 aliphatic carbocycles. The van der Waals surface area contributed by atoms with E-state index in [-0.39, 0.29) is 18.0 Å². The second-order valence-electron chi connectivity index (χ2n) is 7.08. The summed E-state index contributed by atoms with van der Waals surface area (Å²) in [5.41, 5.74) is 1.32. The molecule has 3 heterocycles. The van der Waals surface area contributed by atoms with Crippen molar-refractivity contribution in [2.45, 2.75) is 33.4 Å². The summed E-state index contributed by atoms with van der Waals surface area (Å²) in [4.78, 5) is 42.0. The molecule has 2 aromatic heterocycles. The van der Waals surface area contributed by atoms with Crippen molar-refractivity contribution in [1.29, 1.82) is 0 Å². The monoisotopic (exact) mass is 429 g/mol. The van der Waals surface area contributed by atoms with Crippen LogP contribution in [0, 0.1) is 6.92 Å². The number of hydrogen-bond donors (Lipinski definition) is 0. The van der Waals surface area contributed by atoms with Crippen molar-refractivity contribution in [2.24, 2.45) is 0 Å². The summed E-state index contributed by atoms with van der Waals surface area (Å²) in [7, 11) is 0. The van der Waals surface area contributed by atoms with E-state index in [0.29, 0.717) is 46.0 Å². The minimum atomic E-state index is -0.421. The average molecular weight is 430 g/mol. The lowest BCUT2D eigenvalue weighted by atomic mass is 10.1. The van der Waals surface area contributed by atoms with Crippen LogP contribution in [0.25, 0.3) is 15.9 Å². The van der Waals surface area contributed by atoms with E-state index in [0.717, 1.165) is 10.4 Å². The molecule has 6 nitrogen and oxygen atoms in total. The fraction of sp³-hybridized carbons (Fsp3) is 0.286. The van der Waals surface area contributed by atoms with Crippen molar-refractivity contribution in [3.8, 4) is 5.69 Å². The maximum Gasteiger partial charge on any atom is 0.337 e. The Morgan fingerprint density at radius 2 is 2.10 bits per heavy atom. The molecule has 0 fully saturated rings. The second kappa shape index (κ2) is 7.31. The Morgan fingerprint density at radius 1 is 1.34 bits per heavy atom. The molecular weight excluding hydrogens is 410 g/mol. The molecule has 0 bridgehead atoms. The van der Waals surface area contributed by atoms with Crippen LogP contribution in [0.3, 0.4) is 0 Å². The first kappa shape index (κ1) is 19.7. The molecule has 1 amide bonds. The molecule has 8 heteroatoms. The zero-order valence-electron chi connectivity index (χ0n) is 16.2. The zero-order chi connectivity index (χ0) is 20.9. The first-order valence-electron chi connectivity index (χ1n) is 9.27. The van der Waals surface area contributed by atoms with Gasteiger partial charge in [0.1, 0.15) is 4.83 Å². The lowest BCUT2D eigenvalue weighted by Gasteiger charge is -2.25. The van der Waals surface area contributed by atoms with Crippen LogP contribution in [-0.4, -0.2) is 26.5 Å². The molecule has 0 N–H and O–H groups in total. The molecule has 0 radical (unpaired) electrons. The Balaban J connectivity index is 2.08. The van der Waals surface area contributed by atoms with Crippen LogP contribution in [-0.2, 0) is 24.3 Å². The minimum Gasteiger partial charge on any atom is -0.337 e.